The molecule has 1 fully saturated rings. The number of halogens is 3. The van der Waals surface area contributed by atoms with Gasteiger partial charge >= 0.3 is 0 Å². The Balaban J connectivity index is 1.84. The maximum Gasteiger partial charge on any atom is 0.223 e. The highest BCUT2D eigenvalue weighted by molar-refractivity contribution is 5.31. The van der Waals surface area contributed by atoms with Gasteiger partial charge in [-0.3, -0.25) is 4.90 Å². The maximum atomic E-state index is 13.5. The van der Waals surface area contributed by atoms with Gasteiger partial charge in [0.05, 0.1) is 18.4 Å². The minimum Gasteiger partial charge on any atom is -0.350 e. The second kappa shape index (κ2) is 5.92. The van der Waals surface area contributed by atoms with Crippen molar-refractivity contribution in [3.63, 3.8) is 0 Å². The predicted octanol–water partition coefficient (Wildman–Crippen LogP) is 2.75. The summed E-state index contributed by atoms with van der Waals surface area (Å²) in [6.07, 6.45) is 2.96. The number of hydrogen-bond donors (Lipinski definition) is 1. The van der Waals surface area contributed by atoms with Crippen LogP contribution in [0.5, 0.6) is 0 Å². The van der Waals surface area contributed by atoms with Crippen LogP contribution in [0.2, 0.25) is 0 Å². The normalized spacial score (nSPS) is 22.0. The minimum atomic E-state index is -0.866. The van der Waals surface area contributed by atoms with Gasteiger partial charge in [-0.25, -0.2) is 23.1 Å². The number of benzene rings is 1. The molecular formula is C15H15F3N4. The molecule has 1 saturated heterocycles. The zero-order valence-electron chi connectivity index (χ0n) is 11.9. The number of anilines is 1. The van der Waals surface area contributed by atoms with Crippen molar-refractivity contribution in [2.45, 2.75) is 18.5 Å². The minimum absolute atomic E-state index is 0.0691. The van der Waals surface area contributed by atoms with E-state index in [9.17, 15) is 13.2 Å². The van der Waals surface area contributed by atoms with E-state index in [0.717, 1.165) is 31.4 Å². The third-order valence-corrected chi connectivity index (χ3v) is 3.87. The van der Waals surface area contributed by atoms with Crippen LogP contribution in [-0.4, -0.2) is 34.5 Å². The molecule has 1 aromatic heterocycles. The number of nitrogens with one attached hydrogen (secondary N) is 1. The van der Waals surface area contributed by atoms with Crippen LogP contribution in [0.1, 0.15) is 18.0 Å². The lowest BCUT2D eigenvalue weighted by Crippen LogP contribution is -2.29. The molecule has 2 aromatic rings. The van der Waals surface area contributed by atoms with Crippen molar-refractivity contribution in [3.05, 3.63) is 53.6 Å². The molecule has 0 radical (unpaired) electrons. The first-order valence-electron chi connectivity index (χ1n) is 6.94. The maximum absolute atomic E-state index is 13.5. The lowest BCUT2D eigenvalue weighted by atomic mass is 10.00. The average molecular weight is 308 g/mol. The van der Waals surface area contributed by atoms with E-state index < -0.39 is 17.5 Å². The summed E-state index contributed by atoms with van der Waals surface area (Å²) in [5, 5.41) is 3.13. The molecule has 0 amide bonds. The van der Waals surface area contributed by atoms with Gasteiger partial charge < -0.3 is 5.32 Å². The molecule has 1 N–H and O–H groups in total. The molecule has 1 aliphatic heterocycles. The van der Waals surface area contributed by atoms with Gasteiger partial charge in [0, 0.05) is 12.6 Å². The third kappa shape index (κ3) is 2.89. The molecule has 0 unspecified atom stereocenters. The Labute approximate surface area is 126 Å². The van der Waals surface area contributed by atoms with Crippen LogP contribution in [-0.2, 0) is 0 Å². The van der Waals surface area contributed by atoms with Crippen LogP contribution in [0.3, 0.4) is 0 Å². The van der Waals surface area contributed by atoms with Crippen LogP contribution in [0.4, 0.5) is 19.1 Å². The molecule has 22 heavy (non-hydrogen) atoms. The predicted molar refractivity (Wildman–Crippen MR) is 75.7 cm³/mol. The zero-order valence-corrected chi connectivity index (χ0v) is 11.9. The summed E-state index contributed by atoms with van der Waals surface area (Å²) < 4.78 is 39.4. The number of hydrogen-bond acceptors (Lipinski definition) is 4. The van der Waals surface area contributed by atoms with E-state index in [-0.39, 0.29) is 12.1 Å². The van der Waals surface area contributed by atoms with Crippen molar-refractivity contribution in [2.24, 2.45) is 0 Å². The van der Waals surface area contributed by atoms with Crippen molar-refractivity contribution in [2.75, 3.05) is 18.9 Å². The smallest absolute Gasteiger partial charge is 0.223 e. The van der Waals surface area contributed by atoms with Gasteiger partial charge in [0.2, 0.25) is 5.95 Å². The van der Waals surface area contributed by atoms with Gasteiger partial charge in [0.25, 0.3) is 0 Å². The van der Waals surface area contributed by atoms with E-state index >= 15 is 0 Å². The summed E-state index contributed by atoms with van der Waals surface area (Å²) in [5.41, 5.74) is 0.679. The summed E-state index contributed by atoms with van der Waals surface area (Å²) in [4.78, 5) is 9.80. The lowest BCUT2D eigenvalue weighted by Gasteiger charge is -2.26. The van der Waals surface area contributed by atoms with Crippen LogP contribution in [0, 0.1) is 17.5 Å². The molecule has 7 heteroatoms. The van der Waals surface area contributed by atoms with Crippen LogP contribution < -0.4 is 5.32 Å². The topological polar surface area (TPSA) is 41.0 Å². The van der Waals surface area contributed by atoms with Gasteiger partial charge in [-0.1, -0.05) is 6.07 Å². The van der Waals surface area contributed by atoms with Gasteiger partial charge in [-0.2, -0.15) is 0 Å². The SMILES string of the molecule is CN1CC[C@@H](Nc2ncc(F)cn2)[C@H]1c1ccc(F)c(F)c1. The Hall–Kier alpha value is -2.15. The highest BCUT2D eigenvalue weighted by Gasteiger charge is 2.33. The zero-order chi connectivity index (χ0) is 15.7. The fourth-order valence-electron chi connectivity index (χ4n) is 2.83. The molecule has 4 nitrogen and oxygen atoms in total. The Bertz CT molecular complexity index is 662. The van der Waals surface area contributed by atoms with Gasteiger partial charge in [0.15, 0.2) is 17.5 Å². The molecule has 1 aliphatic rings. The highest BCUT2D eigenvalue weighted by atomic mass is 19.2. The van der Waals surface area contributed by atoms with Crippen LogP contribution >= 0.6 is 0 Å². The first kappa shape index (κ1) is 14.8. The Morgan fingerprint density at radius 1 is 1.14 bits per heavy atom. The molecule has 3 rings (SSSR count). The molecule has 0 spiro atoms. The molecule has 1 aromatic carbocycles. The second-order valence-electron chi connectivity index (χ2n) is 5.36. The van der Waals surface area contributed by atoms with Crippen molar-refractivity contribution >= 4 is 5.95 Å². The Kier molecular flexibility index (Phi) is 3.98. The van der Waals surface area contributed by atoms with E-state index in [1.54, 1.807) is 6.07 Å². The van der Waals surface area contributed by atoms with E-state index in [1.807, 2.05) is 11.9 Å². The van der Waals surface area contributed by atoms with Gasteiger partial charge in [0.1, 0.15) is 0 Å². The van der Waals surface area contributed by atoms with Crippen molar-refractivity contribution in [1.82, 2.24) is 14.9 Å². The molecule has 0 bridgehead atoms. The van der Waals surface area contributed by atoms with Gasteiger partial charge in [-0.15, -0.1) is 0 Å². The fourth-order valence-corrected chi connectivity index (χ4v) is 2.83. The first-order valence-corrected chi connectivity index (χ1v) is 6.94. The summed E-state index contributed by atoms with van der Waals surface area (Å²) in [7, 11) is 1.92. The largest absolute Gasteiger partial charge is 0.350 e. The number of rotatable bonds is 3. The quantitative estimate of drug-likeness (QED) is 0.946. The van der Waals surface area contributed by atoms with Crippen LogP contribution in [0.25, 0.3) is 0 Å². The van der Waals surface area contributed by atoms with E-state index in [2.05, 4.69) is 15.3 Å². The van der Waals surface area contributed by atoms with E-state index in [4.69, 9.17) is 0 Å². The average Bonchev–Trinajstić information content (AvgIpc) is 2.85. The number of nitrogens with zero attached hydrogens (tertiary/aromatic N) is 3. The third-order valence-electron chi connectivity index (χ3n) is 3.87. The van der Waals surface area contributed by atoms with Gasteiger partial charge in [-0.05, 0) is 31.2 Å². The molecule has 0 saturated carbocycles. The summed E-state index contributed by atoms with van der Waals surface area (Å²) in [6.45, 7) is 0.794. The van der Waals surface area contributed by atoms with E-state index in [1.165, 1.54) is 6.07 Å². The molecule has 2 atom stereocenters. The standard InChI is InChI=1S/C15H15F3N4/c1-22-5-4-13(21-15-19-7-10(16)8-20-15)14(22)9-2-3-11(17)12(18)6-9/h2-3,6-8,13-14H,4-5H2,1H3,(H,19,20,21)/t13-,14-/m1/s1. The summed E-state index contributed by atoms with van der Waals surface area (Å²) in [6, 6.07) is 3.71. The first-order chi connectivity index (χ1) is 10.5. The lowest BCUT2D eigenvalue weighted by molar-refractivity contribution is 0.307. The van der Waals surface area contributed by atoms with Crippen molar-refractivity contribution < 1.29 is 13.2 Å². The number of likely N-dealkylation sites (tertiary alicyclic amines) is 1. The molecule has 0 aliphatic carbocycles. The highest BCUT2D eigenvalue weighted by Crippen LogP contribution is 2.33. The monoisotopic (exact) mass is 308 g/mol. The summed E-state index contributed by atoms with van der Waals surface area (Å²) >= 11 is 0. The number of aromatic nitrogens is 2. The van der Waals surface area contributed by atoms with Crippen molar-refractivity contribution in [3.8, 4) is 0 Å². The second-order valence-corrected chi connectivity index (χ2v) is 5.36. The number of likely N-dealkylation sites (N-methyl/N-ethyl adjacent to an activating group) is 1. The molecule has 116 valence electrons. The summed E-state index contributed by atoms with van der Waals surface area (Å²) in [5.74, 6) is -1.93. The Morgan fingerprint density at radius 3 is 2.55 bits per heavy atom. The Morgan fingerprint density at radius 2 is 1.86 bits per heavy atom. The van der Waals surface area contributed by atoms with Crippen molar-refractivity contribution in [1.29, 1.82) is 0 Å². The molecular weight excluding hydrogens is 293 g/mol. The molecule has 2 heterocycles. The van der Waals surface area contributed by atoms with E-state index in [0.29, 0.717) is 11.5 Å². The van der Waals surface area contributed by atoms with Crippen LogP contribution in [0.15, 0.2) is 30.6 Å². The fraction of sp³-hybridized carbons (Fsp3) is 0.333.